The molecule has 0 aliphatic heterocycles. The number of aryl methyl sites for hydroxylation is 1. The minimum absolute atomic E-state index is 0.0598. The first kappa shape index (κ1) is 23.8. The lowest BCUT2D eigenvalue weighted by Crippen LogP contribution is -2.20. The highest BCUT2D eigenvalue weighted by atomic mass is 32.2. The zero-order valence-corrected chi connectivity index (χ0v) is 18.1. The molecule has 4 nitrogen and oxygen atoms in total. The van der Waals surface area contributed by atoms with Gasteiger partial charge in [-0.25, -0.2) is 0 Å². The molecule has 33 heavy (non-hydrogen) atoms. The number of carbonyl (C=O) groups is 1. The topological polar surface area (TPSA) is 60.4 Å². The van der Waals surface area contributed by atoms with Crippen LogP contribution in [0.4, 0.5) is 13.2 Å². The Labute approximate surface area is 189 Å². The molecular formula is C25H17F3O4S. The Balaban J connectivity index is 2.21. The van der Waals surface area contributed by atoms with E-state index in [-0.39, 0.29) is 11.1 Å². The summed E-state index contributed by atoms with van der Waals surface area (Å²) < 4.78 is 72.2. The fraction of sp³-hybridized carbons (Fsp3) is 0.0800. The highest BCUT2D eigenvalue weighted by molar-refractivity contribution is 7.86. The van der Waals surface area contributed by atoms with E-state index in [1.807, 2.05) is 0 Å². The first-order valence-electron chi connectivity index (χ1n) is 9.55. The summed E-state index contributed by atoms with van der Waals surface area (Å²) in [5.41, 5.74) is 0.637. The molecule has 0 spiro atoms. The van der Waals surface area contributed by atoms with Crippen LogP contribution in [0.25, 0.3) is 5.57 Å². The summed E-state index contributed by atoms with van der Waals surface area (Å²) in [6, 6.07) is 18.5. The SMILES string of the molecule is Cc1ccc(S(=O)(=O)O/C(=C(\C#Cc2ccccc2)c2ccc(C=O)cc2)C(F)(F)F)cc1. The van der Waals surface area contributed by atoms with Crippen LogP contribution in [-0.2, 0) is 14.3 Å². The highest BCUT2D eigenvalue weighted by Gasteiger charge is 2.42. The molecule has 3 aromatic carbocycles. The quantitative estimate of drug-likeness (QED) is 0.213. The first-order valence-corrected chi connectivity index (χ1v) is 11.0. The first-order chi connectivity index (χ1) is 15.6. The summed E-state index contributed by atoms with van der Waals surface area (Å²) in [6.45, 7) is 1.71. The van der Waals surface area contributed by atoms with Crippen LogP contribution in [0.2, 0.25) is 0 Å². The van der Waals surface area contributed by atoms with E-state index >= 15 is 0 Å². The predicted octanol–water partition coefficient (Wildman–Crippen LogP) is 5.54. The molecule has 3 rings (SSSR count). The fourth-order valence-electron chi connectivity index (χ4n) is 2.74. The van der Waals surface area contributed by atoms with E-state index in [0.29, 0.717) is 11.8 Å². The van der Waals surface area contributed by atoms with E-state index in [0.717, 1.165) is 17.7 Å². The number of hydrogen-bond donors (Lipinski definition) is 0. The maximum absolute atomic E-state index is 14.1. The number of halogens is 3. The minimum atomic E-state index is -5.18. The van der Waals surface area contributed by atoms with Crippen molar-refractivity contribution < 1.29 is 30.6 Å². The number of hydrogen-bond acceptors (Lipinski definition) is 4. The van der Waals surface area contributed by atoms with E-state index in [1.54, 1.807) is 37.3 Å². The number of benzene rings is 3. The molecule has 3 aromatic rings. The van der Waals surface area contributed by atoms with Gasteiger partial charge in [-0.15, -0.1) is 0 Å². The number of alkyl halides is 3. The van der Waals surface area contributed by atoms with E-state index in [2.05, 4.69) is 16.0 Å². The Morgan fingerprint density at radius 3 is 2.06 bits per heavy atom. The van der Waals surface area contributed by atoms with Gasteiger partial charge in [-0.05, 0) is 36.8 Å². The van der Waals surface area contributed by atoms with Crippen molar-refractivity contribution in [2.45, 2.75) is 18.0 Å². The highest BCUT2D eigenvalue weighted by Crippen LogP contribution is 2.36. The third-order valence-electron chi connectivity index (χ3n) is 4.43. The van der Waals surface area contributed by atoms with E-state index in [1.165, 1.54) is 36.4 Å². The van der Waals surface area contributed by atoms with Crippen molar-refractivity contribution in [2.75, 3.05) is 0 Å². The van der Waals surface area contributed by atoms with Gasteiger partial charge < -0.3 is 4.18 Å². The van der Waals surface area contributed by atoms with Gasteiger partial charge in [0.15, 0.2) is 0 Å². The fourth-order valence-corrected chi connectivity index (χ4v) is 3.70. The molecule has 0 fully saturated rings. The molecule has 0 saturated heterocycles. The third-order valence-corrected chi connectivity index (χ3v) is 5.66. The Morgan fingerprint density at radius 1 is 0.909 bits per heavy atom. The Morgan fingerprint density at radius 2 is 1.52 bits per heavy atom. The third kappa shape index (κ3) is 6.11. The van der Waals surface area contributed by atoms with E-state index < -0.39 is 32.5 Å². The molecule has 0 unspecified atom stereocenters. The van der Waals surface area contributed by atoms with E-state index in [9.17, 15) is 26.4 Å². The smallest absolute Gasteiger partial charge is 0.372 e. The normalized spacial score (nSPS) is 12.2. The van der Waals surface area contributed by atoms with Gasteiger partial charge in [-0.1, -0.05) is 72.0 Å². The average Bonchev–Trinajstić information content (AvgIpc) is 2.79. The van der Waals surface area contributed by atoms with Gasteiger partial charge in [0, 0.05) is 11.1 Å². The van der Waals surface area contributed by atoms with Crippen LogP contribution in [0.3, 0.4) is 0 Å². The summed E-state index contributed by atoms with van der Waals surface area (Å²) in [6.07, 6.45) is -4.65. The molecule has 0 bridgehead atoms. The summed E-state index contributed by atoms with van der Waals surface area (Å²) >= 11 is 0. The van der Waals surface area contributed by atoms with E-state index in [4.69, 9.17) is 0 Å². The monoisotopic (exact) mass is 470 g/mol. The molecule has 0 atom stereocenters. The Hall–Kier alpha value is -3.83. The average molecular weight is 470 g/mol. The van der Waals surface area contributed by atoms with Crippen molar-refractivity contribution in [3.8, 4) is 11.8 Å². The zero-order valence-electron chi connectivity index (χ0n) is 17.3. The summed E-state index contributed by atoms with van der Waals surface area (Å²) in [7, 11) is -4.81. The zero-order chi connectivity index (χ0) is 24.1. The minimum Gasteiger partial charge on any atom is -0.372 e. The second-order valence-electron chi connectivity index (χ2n) is 6.91. The van der Waals surface area contributed by atoms with Gasteiger partial charge in [-0.3, -0.25) is 4.79 Å². The molecule has 0 aliphatic rings. The molecule has 0 aliphatic carbocycles. The molecule has 168 valence electrons. The van der Waals surface area contributed by atoms with Crippen molar-refractivity contribution in [3.63, 3.8) is 0 Å². The summed E-state index contributed by atoms with van der Waals surface area (Å²) in [5.74, 6) is 3.24. The molecule has 0 saturated carbocycles. The van der Waals surface area contributed by atoms with Crippen molar-refractivity contribution >= 4 is 22.0 Å². The van der Waals surface area contributed by atoms with Crippen LogP contribution in [0.15, 0.2) is 89.5 Å². The van der Waals surface area contributed by atoms with Crippen LogP contribution in [0.5, 0.6) is 0 Å². The van der Waals surface area contributed by atoms with Crippen LogP contribution >= 0.6 is 0 Å². The maximum Gasteiger partial charge on any atom is 0.452 e. The second kappa shape index (κ2) is 9.76. The largest absolute Gasteiger partial charge is 0.452 e. The van der Waals surface area contributed by atoms with Gasteiger partial charge in [0.25, 0.3) is 0 Å². The van der Waals surface area contributed by atoms with Crippen molar-refractivity contribution in [1.82, 2.24) is 0 Å². The Kier molecular flexibility index (Phi) is 7.04. The number of rotatable bonds is 5. The van der Waals surface area contributed by atoms with Crippen LogP contribution in [0, 0.1) is 18.8 Å². The molecule has 0 amide bonds. The van der Waals surface area contributed by atoms with Crippen LogP contribution in [-0.4, -0.2) is 20.9 Å². The van der Waals surface area contributed by atoms with Crippen molar-refractivity contribution in [1.29, 1.82) is 0 Å². The van der Waals surface area contributed by atoms with Gasteiger partial charge in [-0.2, -0.15) is 21.6 Å². The Bertz CT molecular complexity index is 1330. The second-order valence-corrected chi connectivity index (χ2v) is 8.45. The number of aldehydes is 1. The van der Waals surface area contributed by atoms with Crippen LogP contribution in [0.1, 0.15) is 27.0 Å². The van der Waals surface area contributed by atoms with Gasteiger partial charge >= 0.3 is 16.3 Å². The van der Waals surface area contributed by atoms with Crippen molar-refractivity contribution in [2.24, 2.45) is 0 Å². The van der Waals surface area contributed by atoms with Gasteiger partial charge in [0.2, 0.25) is 5.76 Å². The number of allylic oxidation sites excluding steroid dienone is 2. The predicted molar refractivity (Wildman–Crippen MR) is 118 cm³/mol. The summed E-state index contributed by atoms with van der Waals surface area (Å²) in [5, 5.41) is 0. The molecule has 0 N–H and O–H groups in total. The molecule has 0 radical (unpaired) electrons. The molecular weight excluding hydrogens is 453 g/mol. The number of carbonyl (C=O) groups excluding carboxylic acids is 1. The standard InChI is InChI=1S/C25H17F3O4S/c1-18-7-14-22(15-8-18)33(30,31)32-24(25(26,27)28)23(16-11-19-5-3-2-4-6-19)21-12-9-20(17-29)10-13-21/h2-10,12-15,17H,1H3/b24-23+. The lowest BCUT2D eigenvalue weighted by Gasteiger charge is -2.16. The lowest BCUT2D eigenvalue weighted by atomic mass is 10.0. The molecule has 8 heteroatoms. The van der Waals surface area contributed by atoms with Gasteiger partial charge in [0.05, 0.1) is 5.57 Å². The molecule has 0 aromatic heterocycles. The maximum atomic E-state index is 14.1. The molecule has 0 heterocycles. The van der Waals surface area contributed by atoms with Crippen molar-refractivity contribution in [3.05, 3.63) is 107 Å². The van der Waals surface area contributed by atoms with Crippen LogP contribution < -0.4 is 0 Å². The lowest BCUT2D eigenvalue weighted by molar-refractivity contribution is -0.114. The van der Waals surface area contributed by atoms with Gasteiger partial charge in [0.1, 0.15) is 11.2 Å². The summed E-state index contributed by atoms with van der Waals surface area (Å²) in [4.78, 5) is 10.5.